The minimum absolute atomic E-state index is 0.0547. The van der Waals surface area contributed by atoms with E-state index < -0.39 is 6.61 Å². The number of carbonyl (C=O) groups is 1. The Hall–Kier alpha value is -2.89. The Morgan fingerprint density at radius 3 is 2.65 bits per heavy atom. The third-order valence-corrected chi connectivity index (χ3v) is 3.42. The van der Waals surface area contributed by atoms with Crippen molar-refractivity contribution in [1.82, 2.24) is 0 Å². The minimum Gasteiger partial charge on any atom is -0.493 e. The molecule has 118 valence electrons. The van der Waals surface area contributed by atoms with Gasteiger partial charge in [-0.3, -0.25) is 4.79 Å². The highest BCUT2D eigenvalue weighted by Crippen LogP contribution is 2.35. The van der Waals surface area contributed by atoms with Crippen molar-refractivity contribution in [3.8, 4) is 11.5 Å². The molecule has 0 spiro atoms. The zero-order chi connectivity index (χ0) is 16.4. The molecule has 1 aliphatic rings. The molecule has 0 fully saturated rings. The molecule has 2 aromatic carbocycles. The van der Waals surface area contributed by atoms with Gasteiger partial charge in [0.2, 0.25) is 0 Å². The molecular formula is C17H13F2NO3. The second kappa shape index (κ2) is 6.08. The number of rotatable bonds is 4. The molecule has 2 aromatic rings. The van der Waals surface area contributed by atoms with E-state index in [9.17, 15) is 13.6 Å². The van der Waals surface area contributed by atoms with Gasteiger partial charge < -0.3 is 14.8 Å². The molecule has 0 saturated heterocycles. The van der Waals surface area contributed by atoms with Gasteiger partial charge in [0.15, 0.2) is 11.5 Å². The van der Waals surface area contributed by atoms with E-state index in [0.29, 0.717) is 11.1 Å². The van der Waals surface area contributed by atoms with Gasteiger partial charge in [-0.2, -0.15) is 8.78 Å². The summed E-state index contributed by atoms with van der Waals surface area (Å²) in [6.07, 6.45) is 1.68. The Kier molecular flexibility index (Phi) is 3.97. The van der Waals surface area contributed by atoms with Crippen molar-refractivity contribution in [3.05, 3.63) is 53.6 Å². The fourth-order valence-corrected chi connectivity index (χ4v) is 2.42. The maximum atomic E-state index is 12.3. The van der Waals surface area contributed by atoms with Gasteiger partial charge in [0.1, 0.15) is 0 Å². The monoisotopic (exact) mass is 317 g/mol. The number of halogens is 2. The van der Waals surface area contributed by atoms with Crippen LogP contribution in [0.5, 0.6) is 11.5 Å². The average Bonchev–Trinajstić information content (AvgIpc) is 2.84. The number of alkyl halides is 2. The molecule has 6 heteroatoms. The van der Waals surface area contributed by atoms with Crippen molar-refractivity contribution in [2.24, 2.45) is 0 Å². The molecule has 0 saturated carbocycles. The van der Waals surface area contributed by atoms with E-state index in [1.54, 1.807) is 18.2 Å². The van der Waals surface area contributed by atoms with Gasteiger partial charge in [0.25, 0.3) is 5.91 Å². The first-order valence-electron chi connectivity index (χ1n) is 6.84. The first-order valence-corrected chi connectivity index (χ1v) is 6.84. The van der Waals surface area contributed by atoms with Crippen LogP contribution >= 0.6 is 0 Å². The molecule has 1 N–H and O–H groups in total. The summed E-state index contributed by atoms with van der Waals surface area (Å²) < 4.78 is 34.1. The number of hydrogen-bond acceptors (Lipinski definition) is 3. The number of fused-ring (bicyclic) bond motifs is 1. The molecule has 0 unspecified atom stereocenters. The van der Waals surface area contributed by atoms with Crippen LogP contribution in [0.4, 0.5) is 14.5 Å². The second-order valence-corrected chi connectivity index (χ2v) is 4.85. The second-order valence-electron chi connectivity index (χ2n) is 4.85. The van der Waals surface area contributed by atoms with Crippen LogP contribution in [0.1, 0.15) is 11.1 Å². The Labute approximate surface area is 131 Å². The highest BCUT2D eigenvalue weighted by molar-refractivity contribution is 6.34. The predicted molar refractivity (Wildman–Crippen MR) is 82.6 cm³/mol. The van der Waals surface area contributed by atoms with Crippen molar-refractivity contribution in [3.63, 3.8) is 0 Å². The van der Waals surface area contributed by atoms with E-state index in [4.69, 9.17) is 4.74 Å². The lowest BCUT2D eigenvalue weighted by Crippen LogP contribution is -2.04. The molecule has 0 radical (unpaired) electrons. The number of benzene rings is 2. The van der Waals surface area contributed by atoms with Gasteiger partial charge in [-0.05, 0) is 29.8 Å². The quantitative estimate of drug-likeness (QED) is 0.873. The lowest BCUT2D eigenvalue weighted by molar-refractivity contribution is -0.110. The van der Waals surface area contributed by atoms with Gasteiger partial charge in [0.05, 0.1) is 7.11 Å². The Bertz CT molecular complexity index is 787. The largest absolute Gasteiger partial charge is 0.493 e. The van der Waals surface area contributed by atoms with Crippen LogP contribution in [0.3, 0.4) is 0 Å². The summed E-state index contributed by atoms with van der Waals surface area (Å²) in [6.45, 7) is -2.93. The number of hydrogen-bond donors (Lipinski definition) is 1. The molecular weight excluding hydrogens is 304 g/mol. The normalized spacial score (nSPS) is 14.8. The van der Waals surface area contributed by atoms with Gasteiger partial charge in [-0.15, -0.1) is 0 Å². The predicted octanol–water partition coefficient (Wildman–Crippen LogP) is 3.79. The highest BCUT2D eigenvalue weighted by Gasteiger charge is 2.23. The number of amides is 1. The molecule has 4 nitrogen and oxygen atoms in total. The van der Waals surface area contributed by atoms with Gasteiger partial charge in [0, 0.05) is 16.8 Å². The fourth-order valence-electron chi connectivity index (χ4n) is 2.42. The number of para-hydroxylation sites is 1. The van der Waals surface area contributed by atoms with Crippen LogP contribution in [0.2, 0.25) is 0 Å². The van der Waals surface area contributed by atoms with Gasteiger partial charge in [-0.25, -0.2) is 0 Å². The summed E-state index contributed by atoms with van der Waals surface area (Å²) in [4.78, 5) is 12.1. The standard InChI is InChI=1S/C17H13F2NO3/c1-22-15-9-10(6-7-14(15)23-17(18)19)8-12-11-4-2-3-5-13(11)20-16(12)21/h2-9,17H,1H3,(H,20,21). The smallest absolute Gasteiger partial charge is 0.387 e. The van der Waals surface area contributed by atoms with Gasteiger partial charge in [-0.1, -0.05) is 24.3 Å². The van der Waals surface area contributed by atoms with Crippen LogP contribution in [0.25, 0.3) is 11.6 Å². The molecule has 1 amide bonds. The third-order valence-electron chi connectivity index (χ3n) is 3.42. The summed E-state index contributed by atoms with van der Waals surface area (Å²) >= 11 is 0. The summed E-state index contributed by atoms with van der Waals surface area (Å²) in [5, 5.41) is 2.77. The summed E-state index contributed by atoms with van der Waals surface area (Å²) in [6, 6.07) is 11.8. The van der Waals surface area contributed by atoms with Crippen LogP contribution in [-0.2, 0) is 4.79 Å². The van der Waals surface area contributed by atoms with E-state index in [1.165, 1.54) is 13.2 Å². The minimum atomic E-state index is -2.93. The van der Waals surface area contributed by atoms with Gasteiger partial charge >= 0.3 is 6.61 Å². The van der Waals surface area contributed by atoms with E-state index >= 15 is 0 Å². The number of nitrogens with one attached hydrogen (secondary N) is 1. The Morgan fingerprint density at radius 1 is 1.13 bits per heavy atom. The van der Waals surface area contributed by atoms with E-state index in [0.717, 1.165) is 11.3 Å². The zero-order valence-electron chi connectivity index (χ0n) is 12.2. The third kappa shape index (κ3) is 3.01. The highest BCUT2D eigenvalue weighted by atomic mass is 19.3. The average molecular weight is 317 g/mol. The fraction of sp³-hybridized carbons (Fsp3) is 0.118. The SMILES string of the molecule is COc1cc(C=C2C(=O)Nc3ccccc32)ccc1OC(F)F. The number of carbonyl (C=O) groups excluding carboxylic acids is 1. The number of ether oxygens (including phenoxy) is 2. The van der Waals surface area contributed by atoms with Crippen LogP contribution in [-0.4, -0.2) is 19.6 Å². The lowest BCUT2D eigenvalue weighted by Gasteiger charge is -2.10. The van der Waals surface area contributed by atoms with Crippen molar-refractivity contribution >= 4 is 23.2 Å². The number of anilines is 1. The van der Waals surface area contributed by atoms with Crippen molar-refractivity contribution in [2.45, 2.75) is 6.61 Å². The molecule has 3 rings (SSSR count). The molecule has 1 heterocycles. The van der Waals surface area contributed by atoms with Crippen molar-refractivity contribution in [1.29, 1.82) is 0 Å². The maximum absolute atomic E-state index is 12.3. The van der Waals surface area contributed by atoms with E-state index in [-0.39, 0.29) is 17.4 Å². The molecule has 0 bridgehead atoms. The summed E-state index contributed by atoms with van der Waals surface area (Å²) in [5.41, 5.74) is 2.69. The van der Waals surface area contributed by atoms with E-state index in [2.05, 4.69) is 10.1 Å². The number of methoxy groups -OCH3 is 1. The molecule has 0 atom stereocenters. The molecule has 23 heavy (non-hydrogen) atoms. The molecule has 0 aliphatic carbocycles. The first kappa shape index (κ1) is 15.0. The Morgan fingerprint density at radius 2 is 1.91 bits per heavy atom. The first-order chi connectivity index (χ1) is 11.1. The topological polar surface area (TPSA) is 47.6 Å². The lowest BCUT2D eigenvalue weighted by atomic mass is 10.0. The Balaban J connectivity index is 1.98. The summed E-state index contributed by atoms with van der Waals surface area (Å²) in [7, 11) is 1.36. The zero-order valence-corrected chi connectivity index (χ0v) is 12.2. The molecule has 1 aliphatic heterocycles. The van der Waals surface area contributed by atoms with Crippen LogP contribution in [0.15, 0.2) is 42.5 Å². The molecule has 0 aromatic heterocycles. The van der Waals surface area contributed by atoms with Crippen molar-refractivity contribution in [2.75, 3.05) is 12.4 Å². The van der Waals surface area contributed by atoms with Crippen LogP contribution < -0.4 is 14.8 Å². The van der Waals surface area contributed by atoms with E-state index in [1.807, 2.05) is 24.3 Å². The summed E-state index contributed by atoms with van der Waals surface area (Å²) in [5.74, 6) is -0.0923. The van der Waals surface area contributed by atoms with Crippen LogP contribution in [0, 0.1) is 0 Å². The maximum Gasteiger partial charge on any atom is 0.387 e. The van der Waals surface area contributed by atoms with Crippen molar-refractivity contribution < 1.29 is 23.0 Å².